The molecule has 0 saturated carbocycles. The molecule has 4 aromatic rings. The number of alkyl halides is 3. The van der Waals surface area contributed by atoms with Gasteiger partial charge in [0.05, 0.1) is 11.1 Å². The van der Waals surface area contributed by atoms with Crippen molar-refractivity contribution >= 4 is 49.5 Å². The third-order valence-corrected chi connectivity index (χ3v) is 6.31. The monoisotopic (exact) mass is 489 g/mol. The Bertz CT molecular complexity index is 1260. The van der Waals surface area contributed by atoms with Crippen LogP contribution in [-0.2, 0) is 6.18 Å². The van der Waals surface area contributed by atoms with E-state index in [2.05, 4.69) is 59.7 Å². The fourth-order valence-electron chi connectivity index (χ4n) is 4.18. The van der Waals surface area contributed by atoms with Crippen molar-refractivity contribution in [1.29, 1.82) is 0 Å². The van der Waals surface area contributed by atoms with E-state index in [-0.39, 0.29) is 6.04 Å². The second-order valence-electron chi connectivity index (χ2n) is 7.76. The van der Waals surface area contributed by atoms with E-state index in [1.807, 2.05) is 24.4 Å². The van der Waals surface area contributed by atoms with Gasteiger partial charge in [-0.25, -0.2) is 9.97 Å². The fourth-order valence-corrected chi connectivity index (χ4v) is 4.73. The zero-order valence-electron chi connectivity index (χ0n) is 16.6. The van der Waals surface area contributed by atoms with Crippen LogP contribution in [0.1, 0.15) is 12.5 Å². The van der Waals surface area contributed by atoms with Crippen LogP contribution in [0.4, 0.5) is 24.9 Å². The van der Waals surface area contributed by atoms with Crippen molar-refractivity contribution in [2.75, 3.05) is 29.4 Å². The molecule has 1 aliphatic heterocycles. The molecule has 2 aromatic heterocycles. The van der Waals surface area contributed by atoms with Gasteiger partial charge in [0, 0.05) is 41.7 Å². The minimum atomic E-state index is -4.41. The first kappa shape index (κ1) is 20.1. The molecule has 0 bridgehead atoms. The summed E-state index contributed by atoms with van der Waals surface area (Å²) in [4.78, 5) is 16.6. The quantitative estimate of drug-likeness (QED) is 0.397. The van der Waals surface area contributed by atoms with Crippen molar-refractivity contribution in [2.24, 2.45) is 0 Å². The smallest absolute Gasteiger partial charge is 0.352 e. The lowest BCUT2D eigenvalue weighted by molar-refractivity contribution is -0.137. The highest BCUT2D eigenvalue weighted by Crippen LogP contribution is 2.36. The molecular weight excluding hydrogens is 471 g/mol. The molecule has 1 N–H and O–H groups in total. The van der Waals surface area contributed by atoms with Crippen LogP contribution in [0, 0.1) is 0 Å². The van der Waals surface area contributed by atoms with E-state index >= 15 is 0 Å². The molecule has 5 rings (SSSR count). The highest BCUT2D eigenvalue weighted by Gasteiger charge is 2.32. The Balaban J connectivity index is 1.43. The topological polar surface area (TPSA) is 48.1 Å². The number of aromatic amines is 1. The molecule has 1 fully saturated rings. The number of hydrogen-bond acceptors (Lipinski definition) is 4. The number of benzene rings is 2. The summed E-state index contributed by atoms with van der Waals surface area (Å²) in [5, 5.41) is 2.25. The van der Waals surface area contributed by atoms with Crippen LogP contribution in [0.2, 0.25) is 0 Å². The Morgan fingerprint density at radius 2 is 1.94 bits per heavy atom. The maximum atomic E-state index is 13.2. The van der Waals surface area contributed by atoms with Gasteiger partial charge in [0.15, 0.2) is 0 Å². The van der Waals surface area contributed by atoms with Gasteiger partial charge in [0.1, 0.15) is 11.3 Å². The summed E-state index contributed by atoms with van der Waals surface area (Å²) in [6.45, 7) is 4.22. The Morgan fingerprint density at radius 3 is 2.71 bits per heavy atom. The summed E-state index contributed by atoms with van der Waals surface area (Å²) < 4.78 is 39.8. The van der Waals surface area contributed by atoms with Gasteiger partial charge in [-0.05, 0) is 46.4 Å². The molecule has 0 amide bonds. The highest BCUT2D eigenvalue weighted by molar-refractivity contribution is 9.10. The van der Waals surface area contributed by atoms with E-state index in [0.29, 0.717) is 28.0 Å². The lowest BCUT2D eigenvalue weighted by Gasteiger charge is -2.40. The van der Waals surface area contributed by atoms with Crippen molar-refractivity contribution in [3.63, 3.8) is 0 Å². The van der Waals surface area contributed by atoms with E-state index in [0.717, 1.165) is 41.8 Å². The number of nitrogens with zero attached hydrogens (tertiary/aromatic N) is 4. The van der Waals surface area contributed by atoms with Crippen molar-refractivity contribution in [1.82, 2.24) is 15.0 Å². The van der Waals surface area contributed by atoms with Gasteiger partial charge in [0.2, 0.25) is 5.95 Å². The molecule has 5 nitrogen and oxygen atoms in total. The van der Waals surface area contributed by atoms with Gasteiger partial charge >= 0.3 is 6.18 Å². The van der Waals surface area contributed by atoms with Crippen LogP contribution in [0.15, 0.2) is 53.1 Å². The third kappa shape index (κ3) is 3.60. The second-order valence-corrected chi connectivity index (χ2v) is 8.61. The first-order valence-electron chi connectivity index (χ1n) is 9.93. The second kappa shape index (κ2) is 7.40. The molecule has 2 aromatic carbocycles. The number of rotatable bonds is 2. The summed E-state index contributed by atoms with van der Waals surface area (Å²) in [7, 11) is 0. The summed E-state index contributed by atoms with van der Waals surface area (Å²) in [5.74, 6) is 1.53. The molecule has 3 heterocycles. The van der Waals surface area contributed by atoms with Crippen LogP contribution >= 0.6 is 15.9 Å². The highest BCUT2D eigenvalue weighted by atomic mass is 79.9. The molecule has 1 atom stereocenters. The number of halogens is 4. The Kier molecular flexibility index (Phi) is 4.80. The third-order valence-electron chi connectivity index (χ3n) is 5.71. The summed E-state index contributed by atoms with van der Waals surface area (Å²) in [5.41, 5.74) is 0.150. The van der Waals surface area contributed by atoms with Gasteiger partial charge < -0.3 is 14.8 Å². The molecule has 160 valence electrons. The summed E-state index contributed by atoms with van der Waals surface area (Å²) in [6.07, 6.45) is -2.59. The largest absolute Gasteiger partial charge is 0.416 e. The van der Waals surface area contributed by atoms with Crippen molar-refractivity contribution in [3.05, 3.63) is 58.7 Å². The molecule has 1 saturated heterocycles. The number of fused-ring (bicyclic) bond motifs is 2. The van der Waals surface area contributed by atoms with Crippen LogP contribution in [0.5, 0.6) is 0 Å². The molecule has 1 aliphatic rings. The van der Waals surface area contributed by atoms with E-state index in [9.17, 15) is 13.2 Å². The maximum Gasteiger partial charge on any atom is 0.416 e. The zero-order chi connectivity index (χ0) is 21.8. The van der Waals surface area contributed by atoms with Crippen LogP contribution in [0.25, 0.3) is 21.8 Å². The number of anilines is 2. The summed E-state index contributed by atoms with van der Waals surface area (Å²) >= 11 is 3.24. The van der Waals surface area contributed by atoms with Gasteiger partial charge in [-0.3, -0.25) is 0 Å². The number of H-pyrrole nitrogens is 1. The van der Waals surface area contributed by atoms with Gasteiger partial charge in [-0.2, -0.15) is 13.2 Å². The van der Waals surface area contributed by atoms with Gasteiger partial charge in [-0.1, -0.05) is 24.3 Å². The molecule has 0 aliphatic carbocycles. The van der Waals surface area contributed by atoms with E-state index in [1.54, 1.807) is 0 Å². The van der Waals surface area contributed by atoms with E-state index in [1.165, 1.54) is 0 Å². The Hall–Kier alpha value is -2.81. The van der Waals surface area contributed by atoms with Gasteiger partial charge in [0.25, 0.3) is 0 Å². The Labute approximate surface area is 185 Å². The van der Waals surface area contributed by atoms with Crippen LogP contribution < -0.4 is 9.80 Å². The number of imidazole rings is 1. The number of piperazine rings is 1. The number of hydrogen-bond donors (Lipinski definition) is 1. The van der Waals surface area contributed by atoms with E-state index < -0.39 is 11.7 Å². The molecule has 31 heavy (non-hydrogen) atoms. The lowest BCUT2D eigenvalue weighted by atomic mass is 10.1. The fraction of sp³-hybridized carbons (Fsp3) is 0.273. The molecule has 9 heteroatoms. The van der Waals surface area contributed by atoms with Crippen molar-refractivity contribution < 1.29 is 13.2 Å². The molecule has 1 unspecified atom stereocenters. The number of aromatic nitrogens is 3. The average molecular weight is 490 g/mol. The lowest BCUT2D eigenvalue weighted by Crippen LogP contribution is -2.52. The standard InChI is InChI=1S/C22H19BrF3N5/c1-13-12-30(20-16-5-3-2-4-14(16)6-7-27-20)8-9-31(13)21-28-18-11-15(22(24,25)26)10-17(23)19(18)29-21/h2-7,10-11,13H,8-9,12H2,1H3,(H,28,29). The minimum absolute atomic E-state index is 0.0935. The predicted molar refractivity (Wildman–Crippen MR) is 120 cm³/mol. The van der Waals surface area contributed by atoms with Crippen molar-refractivity contribution in [3.8, 4) is 0 Å². The number of pyridine rings is 1. The predicted octanol–water partition coefficient (Wildman–Crippen LogP) is 5.61. The molecule has 0 spiro atoms. The summed E-state index contributed by atoms with van der Waals surface area (Å²) in [6, 6.07) is 12.4. The van der Waals surface area contributed by atoms with E-state index in [4.69, 9.17) is 0 Å². The SMILES string of the molecule is CC1CN(c2nccc3ccccc23)CCN1c1nc2c(Br)cc(C(F)(F)F)cc2[nH]1. The maximum absolute atomic E-state index is 13.2. The Morgan fingerprint density at radius 1 is 1.13 bits per heavy atom. The van der Waals surface area contributed by atoms with Gasteiger partial charge in [-0.15, -0.1) is 0 Å². The first-order valence-corrected chi connectivity index (χ1v) is 10.7. The zero-order valence-corrected chi connectivity index (χ0v) is 18.2. The normalized spacial score (nSPS) is 17.6. The van der Waals surface area contributed by atoms with Crippen molar-refractivity contribution in [2.45, 2.75) is 19.1 Å². The average Bonchev–Trinajstić information content (AvgIpc) is 3.17. The minimum Gasteiger partial charge on any atom is -0.352 e. The number of nitrogens with one attached hydrogen (secondary N) is 1. The first-order chi connectivity index (χ1) is 14.8. The van der Waals surface area contributed by atoms with Crippen LogP contribution in [0.3, 0.4) is 0 Å². The molecular formula is C22H19BrF3N5. The molecule has 0 radical (unpaired) electrons. The van der Waals surface area contributed by atoms with Crippen LogP contribution in [-0.4, -0.2) is 40.6 Å².